The van der Waals surface area contributed by atoms with E-state index in [1.54, 1.807) is 0 Å². The van der Waals surface area contributed by atoms with Gasteiger partial charge < -0.3 is 0 Å². The molecule has 0 spiro atoms. The van der Waals surface area contributed by atoms with Crippen molar-refractivity contribution >= 4 is 19.7 Å². The van der Waals surface area contributed by atoms with Crippen molar-refractivity contribution in [2.24, 2.45) is 5.92 Å². The van der Waals surface area contributed by atoms with E-state index in [0.29, 0.717) is 12.3 Å². The van der Waals surface area contributed by atoms with Gasteiger partial charge in [0.15, 0.2) is 0 Å². The van der Waals surface area contributed by atoms with Gasteiger partial charge in [-0.3, -0.25) is 0 Å². The van der Waals surface area contributed by atoms with Gasteiger partial charge in [-0.25, -0.2) is 8.42 Å². The van der Waals surface area contributed by atoms with Gasteiger partial charge in [0, 0.05) is 10.7 Å². The lowest BCUT2D eigenvalue weighted by molar-refractivity contribution is 0.565. The summed E-state index contributed by atoms with van der Waals surface area (Å²) in [6.07, 6.45) is 1.59. The fourth-order valence-electron chi connectivity index (χ4n) is 0.664. The normalized spacial score (nSPS) is 12.4. The molecule has 0 aromatic rings. The van der Waals surface area contributed by atoms with E-state index in [1.807, 2.05) is 0 Å². The SMILES string of the molecule is CC(C)CCCS(=O)(=O)Cl. The van der Waals surface area contributed by atoms with Crippen molar-refractivity contribution in [2.45, 2.75) is 26.7 Å². The van der Waals surface area contributed by atoms with Crippen LogP contribution in [0.5, 0.6) is 0 Å². The molecule has 0 aliphatic heterocycles. The Hall–Kier alpha value is 0.240. The van der Waals surface area contributed by atoms with Crippen LogP contribution >= 0.6 is 10.7 Å². The number of hydrogen-bond acceptors (Lipinski definition) is 2. The van der Waals surface area contributed by atoms with Crippen LogP contribution in [0, 0.1) is 5.92 Å². The first-order valence-corrected chi connectivity index (χ1v) is 5.82. The van der Waals surface area contributed by atoms with Crippen LogP contribution in [0.25, 0.3) is 0 Å². The van der Waals surface area contributed by atoms with Gasteiger partial charge in [-0.05, 0) is 18.8 Å². The highest BCUT2D eigenvalue weighted by atomic mass is 35.7. The Bertz CT molecular complexity index is 172. The van der Waals surface area contributed by atoms with Crippen molar-refractivity contribution < 1.29 is 8.42 Å². The van der Waals surface area contributed by atoms with Crippen LogP contribution in [0.4, 0.5) is 0 Å². The zero-order chi connectivity index (χ0) is 8.20. The molecule has 0 saturated carbocycles. The summed E-state index contributed by atoms with van der Waals surface area (Å²) in [7, 11) is 1.74. The monoisotopic (exact) mass is 184 g/mol. The molecule has 0 saturated heterocycles. The van der Waals surface area contributed by atoms with Gasteiger partial charge in [-0.15, -0.1) is 0 Å². The van der Waals surface area contributed by atoms with Gasteiger partial charge in [0.2, 0.25) is 9.05 Å². The van der Waals surface area contributed by atoms with E-state index in [4.69, 9.17) is 10.7 Å². The van der Waals surface area contributed by atoms with Crippen molar-refractivity contribution in [3.05, 3.63) is 0 Å². The topological polar surface area (TPSA) is 34.1 Å². The standard InChI is InChI=1S/C6H13ClO2S/c1-6(2)4-3-5-10(7,8)9/h6H,3-5H2,1-2H3. The first-order valence-electron chi connectivity index (χ1n) is 3.34. The van der Waals surface area contributed by atoms with Crippen LogP contribution in [-0.4, -0.2) is 14.2 Å². The van der Waals surface area contributed by atoms with Crippen molar-refractivity contribution in [1.82, 2.24) is 0 Å². The fourth-order valence-corrected chi connectivity index (χ4v) is 1.50. The Kier molecular flexibility index (Phi) is 4.29. The third-order valence-electron chi connectivity index (χ3n) is 1.17. The summed E-state index contributed by atoms with van der Waals surface area (Å²) in [6, 6.07) is 0. The molecule has 4 heteroatoms. The summed E-state index contributed by atoms with van der Waals surface area (Å²) >= 11 is 0. The van der Waals surface area contributed by atoms with Crippen LogP contribution in [0.15, 0.2) is 0 Å². The van der Waals surface area contributed by atoms with Crippen LogP contribution in [0.3, 0.4) is 0 Å². The van der Waals surface area contributed by atoms with E-state index in [2.05, 4.69) is 13.8 Å². The van der Waals surface area contributed by atoms with Crippen molar-refractivity contribution in [3.8, 4) is 0 Å². The summed E-state index contributed by atoms with van der Waals surface area (Å²) < 4.78 is 20.8. The van der Waals surface area contributed by atoms with Crippen LogP contribution in [0.1, 0.15) is 26.7 Å². The van der Waals surface area contributed by atoms with Gasteiger partial charge in [-0.1, -0.05) is 13.8 Å². The Morgan fingerprint density at radius 3 is 2.20 bits per heavy atom. The maximum atomic E-state index is 10.4. The highest BCUT2D eigenvalue weighted by molar-refractivity contribution is 8.13. The average molecular weight is 185 g/mol. The molecule has 0 N–H and O–H groups in total. The van der Waals surface area contributed by atoms with E-state index in [1.165, 1.54) is 0 Å². The molecule has 62 valence electrons. The smallest absolute Gasteiger partial charge is 0.212 e. The fraction of sp³-hybridized carbons (Fsp3) is 1.00. The lowest BCUT2D eigenvalue weighted by atomic mass is 10.1. The van der Waals surface area contributed by atoms with Crippen LogP contribution < -0.4 is 0 Å². The van der Waals surface area contributed by atoms with Gasteiger partial charge in [-0.2, -0.15) is 0 Å². The van der Waals surface area contributed by atoms with E-state index >= 15 is 0 Å². The summed E-state index contributed by atoms with van der Waals surface area (Å²) in [5.74, 6) is 0.658. The van der Waals surface area contributed by atoms with E-state index in [0.717, 1.165) is 6.42 Å². The molecule has 0 amide bonds. The second-order valence-corrected chi connectivity index (χ2v) is 5.68. The Morgan fingerprint density at radius 1 is 1.40 bits per heavy atom. The molecule has 0 unspecified atom stereocenters. The highest BCUT2D eigenvalue weighted by Crippen LogP contribution is 2.07. The molecule has 0 aliphatic rings. The van der Waals surface area contributed by atoms with E-state index < -0.39 is 9.05 Å². The van der Waals surface area contributed by atoms with E-state index in [9.17, 15) is 8.42 Å². The third-order valence-corrected chi connectivity index (χ3v) is 2.41. The van der Waals surface area contributed by atoms with Crippen molar-refractivity contribution in [1.29, 1.82) is 0 Å². The first kappa shape index (κ1) is 10.2. The first-order chi connectivity index (χ1) is 4.42. The van der Waals surface area contributed by atoms with Crippen LogP contribution in [0.2, 0.25) is 0 Å². The minimum atomic E-state index is -3.25. The third kappa shape index (κ3) is 8.24. The van der Waals surface area contributed by atoms with Gasteiger partial charge in [0.1, 0.15) is 0 Å². The molecule has 10 heavy (non-hydrogen) atoms. The molecule has 0 heterocycles. The van der Waals surface area contributed by atoms with E-state index in [-0.39, 0.29) is 5.75 Å². The average Bonchev–Trinajstić information content (AvgIpc) is 1.59. The molecule has 0 fully saturated rings. The Labute approximate surface area is 67.0 Å². The van der Waals surface area contributed by atoms with Crippen molar-refractivity contribution in [2.75, 3.05) is 5.75 Å². The Morgan fingerprint density at radius 2 is 1.90 bits per heavy atom. The largest absolute Gasteiger partial charge is 0.232 e. The zero-order valence-corrected chi connectivity index (χ0v) is 7.87. The molecular weight excluding hydrogens is 172 g/mol. The quantitative estimate of drug-likeness (QED) is 0.627. The Balaban J connectivity index is 3.39. The molecule has 0 aromatic heterocycles. The molecule has 0 aliphatic carbocycles. The molecule has 0 rings (SSSR count). The maximum Gasteiger partial charge on any atom is 0.232 e. The zero-order valence-electron chi connectivity index (χ0n) is 6.30. The number of halogens is 1. The van der Waals surface area contributed by atoms with Crippen molar-refractivity contribution in [3.63, 3.8) is 0 Å². The lowest BCUT2D eigenvalue weighted by Crippen LogP contribution is -1.98. The minimum Gasteiger partial charge on any atom is -0.212 e. The second kappa shape index (κ2) is 4.19. The summed E-state index contributed by atoms with van der Waals surface area (Å²) in [5.41, 5.74) is 0. The van der Waals surface area contributed by atoms with Gasteiger partial charge in [0.25, 0.3) is 0 Å². The molecule has 0 bridgehead atoms. The second-order valence-electron chi connectivity index (χ2n) is 2.78. The van der Waals surface area contributed by atoms with Crippen LogP contribution in [-0.2, 0) is 9.05 Å². The predicted molar refractivity (Wildman–Crippen MR) is 43.7 cm³/mol. The predicted octanol–water partition coefficient (Wildman–Crippen LogP) is 1.99. The highest BCUT2D eigenvalue weighted by Gasteiger charge is 2.04. The summed E-state index contributed by atoms with van der Waals surface area (Å²) in [4.78, 5) is 0. The molecule has 0 aromatic carbocycles. The molecule has 0 radical (unpaired) electrons. The van der Waals surface area contributed by atoms with Gasteiger partial charge >= 0.3 is 0 Å². The molecule has 2 nitrogen and oxygen atoms in total. The summed E-state index contributed by atoms with van der Waals surface area (Å²) in [5, 5.41) is 0. The number of hydrogen-bond donors (Lipinski definition) is 0. The molecule has 0 atom stereocenters. The van der Waals surface area contributed by atoms with Gasteiger partial charge in [0.05, 0.1) is 5.75 Å². The minimum absolute atomic E-state index is 0.104. The number of rotatable bonds is 4. The lowest BCUT2D eigenvalue weighted by Gasteiger charge is -2.00. The maximum absolute atomic E-state index is 10.4. The summed E-state index contributed by atoms with van der Waals surface area (Å²) in [6.45, 7) is 4.11. The molecular formula is C6H13ClO2S.